The molecular weight excluding hydrogens is 226 g/mol. The van der Waals surface area contributed by atoms with Gasteiger partial charge in [-0.05, 0) is 24.0 Å². The Kier molecular flexibility index (Phi) is 4.76. The lowest BCUT2D eigenvalue weighted by atomic mass is 10.1. The number of rotatable bonds is 5. The number of carbonyl (C=O) groups is 1. The summed E-state index contributed by atoms with van der Waals surface area (Å²) in [6.45, 7) is 1.20. The zero-order valence-corrected chi connectivity index (χ0v) is 10.9. The molecule has 1 aliphatic rings. The number of methoxy groups -OCH3 is 1. The third-order valence-electron chi connectivity index (χ3n) is 3.60. The van der Waals surface area contributed by atoms with E-state index in [0.717, 1.165) is 24.0 Å². The van der Waals surface area contributed by atoms with Crippen LogP contribution in [0.1, 0.15) is 36.8 Å². The van der Waals surface area contributed by atoms with E-state index in [2.05, 4.69) is 5.32 Å². The molecule has 1 aromatic carbocycles. The summed E-state index contributed by atoms with van der Waals surface area (Å²) in [5, 5.41) is 3.05. The third-order valence-corrected chi connectivity index (χ3v) is 3.60. The molecule has 0 atom stereocenters. The molecule has 2 rings (SSSR count). The Labute approximate surface area is 109 Å². The second-order valence-electron chi connectivity index (χ2n) is 4.90. The molecule has 3 heteroatoms. The summed E-state index contributed by atoms with van der Waals surface area (Å²) in [5.41, 5.74) is 2.29. The molecule has 0 spiro atoms. The molecule has 1 saturated carbocycles. The van der Waals surface area contributed by atoms with Gasteiger partial charge in [-0.3, -0.25) is 4.79 Å². The summed E-state index contributed by atoms with van der Waals surface area (Å²) in [6, 6.07) is 8.08. The Bertz CT molecular complexity index is 397. The number of nitrogens with one attached hydrogen (secondary N) is 1. The number of amides is 1. The number of hydrogen-bond donors (Lipinski definition) is 1. The summed E-state index contributed by atoms with van der Waals surface area (Å²) < 4.78 is 5.16. The average Bonchev–Trinajstić information content (AvgIpc) is 2.92. The summed E-state index contributed by atoms with van der Waals surface area (Å²) in [4.78, 5) is 11.9. The monoisotopic (exact) mass is 247 g/mol. The van der Waals surface area contributed by atoms with Crippen molar-refractivity contribution < 1.29 is 9.53 Å². The molecule has 1 amide bonds. The van der Waals surface area contributed by atoms with Crippen LogP contribution in [0.3, 0.4) is 0 Å². The Balaban J connectivity index is 1.90. The van der Waals surface area contributed by atoms with E-state index in [4.69, 9.17) is 4.74 Å². The van der Waals surface area contributed by atoms with Gasteiger partial charge in [-0.2, -0.15) is 0 Å². The standard InChI is InChI=1S/C15H21NO2/c1-18-11-14-9-5-4-8-13(14)10-16-15(17)12-6-2-3-7-12/h4-5,8-9,12H,2-3,6-7,10-11H2,1H3,(H,16,17). The number of ether oxygens (including phenoxy) is 1. The Morgan fingerprint density at radius 3 is 2.61 bits per heavy atom. The SMILES string of the molecule is COCc1ccccc1CNC(=O)C1CCCC1. The predicted octanol–water partition coefficient (Wildman–Crippen LogP) is 2.64. The van der Waals surface area contributed by atoms with Crippen LogP contribution in [0.25, 0.3) is 0 Å². The molecule has 0 aromatic heterocycles. The highest BCUT2D eigenvalue weighted by Crippen LogP contribution is 2.24. The van der Waals surface area contributed by atoms with E-state index in [-0.39, 0.29) is 11.8 Å². The first-order valence-corrected chi connectivity index (χ1v) is 6.64. The second kappa shape index (κ2) is 6.55. The van der Waals surface area contributed by atoms with Crippen LogP contribution in [0.4, 0.5) is 0 Å². The van der Waals surface area contributed by atoms with Gasteiger partial charge in [0.2, 0.25) is 5.91 Å². The summed E-state index contributed by atoms with van der Waals surface area (Å²) >= 11 is 0. The lowest BCUT2D eigenvalue weighted by molar-refractivity contribution is -0.124. The van der Waals surface area contributed by atoms with Crippen molar-refractivity contribution in [1.82, 2.24) is 5.32 Å². The molecule has 0 radical (unpaired) electrons. The molecule has 18 heavy (non-hydrogen) atoms. The fourth-order valence-electron chi connectivity index (χ4n) is 2.54. The molecule has 0 heterocycles. The zero-order valence-electron chi connectivity index (χ0n) is 10.9. The molecule has 0 bridgehead atoms. The van der Waals surface area contributed by atoms with Crippen LogP contribution in [0, 0.1) is 5.92 Å². The predicted molar refractivity (Wildman–Crippen MR) is 71.0 cm³/mol. The molecule has 1 aliphatic carbocycles. The van der Waals surface area contributed by atoms with Crippen molar-refractivity contribution >= 4 is 5.91 Å². The van der Waals surface area contributed by atoms with Gasteiger partial charge in [0.25, 0.3) is 0 Å². The van der Waals surface area contributed by atoms with E-state index in [0.29, 0.717) is 13.2 Å². The van der Waals surface area contributed by atoms with E-state index in [1.165, 1.54) is 12.8 Å². The van der Waals surface area contributed by atoms with Gasteiger partial charge < -0.3 is 10.1 Å². The van der Waals surface area contributed by atoms with Crippen LogP contribution in [0.5, 0.6) is 0 Å². The molecule has 0 aliphatic heterocycles. The molecule has 3 nitrogen and oxygen atoms in total. The van der Waals surface area contributed by atoms with Gasteiger partial charge >= 0.3 is 0 Å². The lowest BCUT2D eigenvalue weighted by Crippen LogP contribution is -2.29. The van der Waals surface area contributed by atoms with Crippen molar-refractivity contribution in [3.63, 3.8) is 0 Å². The Morgan fingerprint density at radius 2 is 1.94 bits per heavy atom. The highest BCUT2D eigenvalue weighted by Gasteiger charge is 2.22. The molecule has 1 fully saturated rings. The molecule has 98 valence electrons. The molecule has 1 aromatic rings. The van der Waals surface area contributed by atoms with Crippen molar-refractivity contribution in [2.24, 2.45) is 5.92 Å². The minimum absolute atomic E-state index is 0.208. The fraction of sp³-hybridized carbons (Fsp3) is 0.533. The van der Waals surface area contributed by atoms with E-state index >= 15 is 0 Å². The smallest absolute Gasteiger partial charge is 0.223 e. The molecule has 1 N–H and O–H groups in total. The van der Waals surface area contributed by atoms with E-state index in [9.17, 15) is 4.79 Å². The van der Waals surface area contributed by atoms with Crippen LogP contribution >= 0.6 is 0 Å². The van der Waals surface area contributed by atoms with Crippen LogP contribution in [0.15, 0.2) is 24.3 Å². The van der Waals surface area contributed by atoms with Crippen LogP contribution in [-0.4, -0.2) is 13.0 Å². The van der Waals surface area contributed by atoms with Crippen LogP contribution < -0.4 is 5.32 Å². The Morgan fingerprint density at radius 1 is 1.28 bits per heavy atom. The number of benzene rings is 1. The fourth-order valence-corrected chi connectivity index (χ4v) is 2.54. The van der Waals surface area contributed by atoms with Crippen molar-refractivity contribution in [3.8, 4) is 0 Å². The first-order chi connectivity index (χ1) is 8.81. The van der Waals surface area contributed by atoms with Gasteiger partial charge in [-0.1, -0.05) is 37.1 Å². The van der Waals surface area contributed by atoms with Gasteiger partial charge in [0.15, 0.2) is 0 Å². The van der Waals surface area contributed by atoms with Gasteiger partial charge in [-0.15, -0.1) is 0 Å². The Hall–Kier alpha value is -1.35. The maximum absolute atomic E-state index is 11.9. The summed E-state index contributed by atoms with van der Waals surface area (Å²) in [5.74, 6) is 0.444. The second-order valence-corrected chi connectivity index (χ2v) is 4.90. The van der Waals surface area contributed by atoms with Gasteiger partial charge in [0, 0.05) is 19.6 Å². The van der Waals surface area contributed by atoms with Crippen molar-refractivity contribution in [2.45, 2.75) is 38.8 Å². The van der Waals surface area contributed by atoms with Gasteiger partial charge in [0.05, 0.1) is 6.61 Å². The van der Waals surface area contributed by atoms with Gasteiger partial charge in [0.1, 0.15) is 0 Å². The minimum atomic E-state index is 0.208. The summed E-state index contributed by atoms with van der Waals surface area (Å²) in [6.07, 6.45) is 4.48. The third kappa shape index (κ3) is 3.33. The van der Waals surface area contributed by atoms with Crippen molar-refractivity contribution in [3.05, 3.63) is 35.4 Å². The summed E-state index contributed by atoms with van der Waals surface area (Å²) in [7, 11) is 1.69. The topological polar surface area (TPSA) is 38.3 Å². The maximum atomic E-state index is 11.9. The van der Waals surface area contributed by atoms with Crippen LogP contribution in [-0.2, 0) is 22.7 Å². The first-order valence-electron chi connectivity index (χ1n) is 6.64. The van der Waals surface area contributed by atoms with E-state index < -0.39 is 0 Å². The normalized spacial score (nSPS) is 15.8. The highest BCUT2D eigenvalue weighted by atomic mass is 16.5. The highest BCUT2D eigenvalue weighted by molar-refractivity contribution is 5.78. The largest absolute Gasteiger partial charge is 0.380 e. The van der Waals surface area contributed by atoms with Crippen molar-refractivity contribution in [2.75, 3.05) is 7.11 Å². The zero-order chi connectivity index (χ0) is 12.8. The molecule has 0 unspecified atom stereocenters. The first kappa shape index (κ1) is 13.1. The lowest BCUT2D eigenvalue weighted by Gasteiger charge is -2.12. The van der Waals surface area contributed by atoms with E-state index in [1.54, 1.807) is 7.11 Å². The maximum Gasteiger partial charge on any atom is 0.223 e. The molecular formula is C15H21NO2. The van der Waals surface area contributed by atoms with Gasteiger partial charge in [-0.25, -0.2) is 0 Å². The quantitative estimate of drug-likeness (QED) is 0.868. The number of carbonyl (C=O) groups excluding carboxylic acids is 1. The number of hydrogen-bond acceptors (Lipinski definition) is 2. The van der Waals surface area contributed by atoms with E-state index in [1.807, 2.05) is 24.3 Å². The van der Waals surface area contributed by atoms with Crippen LogP contribution in [0.2, 0.25) is 0 Å². The minimum Gasteiger partial charge on any atom is -0.380 e. The average molecular weight is 247 g/mol. The van der Waals surface area contributed by atoms with Crippen molar-refractivity contribution in [1.29, 1.82) is 0 Å². The molecule has 0 saturated heterocycles.